The van der Waals surface area contributed by atoms with E-state index in [-0.39, 0.29) is 0 Å². The predicted molar refractivity (Wildman–Crippen MR) is 43.7 cm³/mol. The van der Waals surface area contributed by atoms with Crippen LogP contribution in [0.2, 0.25) is 0 Å². The van der Waals surface area contributed by atoms with Crippen LogP contribution in [0, 0.1) is 0 Å². The Balaban J connectivity index is 2.49. The molecule has 1 nitrogen and oxygen atoms in total. The van der Waals surface area contributed by atoms with Crippen LogP contribution in [0.4, 0.5) is 0 Å². The molecule has 0 unspecified atom stereocenters. The van der Waals surface area contributed by atoms with E-state index in [2.05, 4.69) is 28.2 Å². The van der Waals surface area contributed by atoms with Crippen molar-refractivity contribution in [1.82, 2.24) is 5.32 Å². The average Bonchev–Trinajstić information content (AvgIpc) is 1.90. The van der Waals surface area contributed by atoms with Gasteiger partial charge in [0, 0.05) is 0 Å². The average molecular weight is 190 g/mol. The molecule has 0 bridgehead atoms. The van der Waals surface area contributed by atoms with Crippen LogP contribution in [0.25, 0.3) is 0 Å². The summed E-state index contributed by atoms with van der Waals surface area (Å²) < 4.78 is 1.34. The second kappa shape index (κ2) is 3.37. The van der Waals surface area contributed by atoms with E-state index in [0.29, 0.717) is 0 Å². The number of allylic oxidation sites excluding steroid dienone is 1. The fourth-order valence-electron chi connectivity index (χ4n) is 1.07. The Bertz CT molecular complexity index is 117. The molecule has 0 radical (unpaired) electrons. The molecule has 0 saturated carbocycles. The second-order valence-corrected chi connectivity index (χ2v) is 3.58. The molecule has 1 aliphatic heterocycles. The number of hydrogen-bond donors (Lipinski definition) is 1. The third-order valence-corrected chi connectivity index (χ3v) is 2.26. The van der Waals surface area contributed by atoms with E-state index in [1.165, 1.54) is 17.3 Å². The van der Waals surface area contributed by atoms with E-state index < -0.39 is 0 Å². The van der Waals surface area contributed by atoms with Gasteiger partial charge in [0.2, 0.25) is 0 Å². The predicted octanol–water partition coefficient (Wildman–Crippen LogP) is 2.04. The van der Waals surface area contributed by atoms with Crippen molar-refractivity contribution in [3.8, 4) is 0 Å². The van der Waals surface area contributed by atoms with Gasteiger partial charge in [-0.25, -0.2) is 0 Å². The van der Waals surface area contributed by atoms with Crippen molar-refractivity contribution in [1.29, 1.82) is 0 Å². The Kier molecular flexibility index (Phi) is 2.73. The molecular formula is C7H12BrN. The molecule has 0 amide bonds. The van der Waals surface area contributed by atoms with Crippen LogP contribution in [0.15, 0.2) is 10.1 Å². The molecule has 1 fully saturated rings. The first-order valence-corrected chi connectivity index (χ1v) is 4.15. The third kappa shape index (κ3) is 2.11. The van der Waals surface area contributed by atoms with E-state index >= 15 is 0 Å². The molecule has 1 aliphatic rings. The van der Waals surface area contributed by atoms with Crippen molar-refractivity contribution in [2.24, 2.45) is 0 Å². The minimum Gasteiger partial charge on any atom is -0.316 e. The van der Waals surface area contributed by atoms with E-state index in [1.807, 2.05) is 0 Å². The van der Waals surface area contributed by atoms with Crippen molar-refractivity contribution in [2.45, 2.75) is 19.8 Å². The smallest absolute Gasteiger partial charge is 0.00111 e. The Morgan fingerprint density at radius 2 is 2.00 bits per heavy atom. The maximum Gasteiger partial charge on any atom is -0.00111 e. The van der Waals surface area contributed by atoms with Crippen LogP contribution in [-0.2, 0) is 0 Å². The summed E-state index contributed by atoms with van der Waals surface area (Å²) in [6.45, 7) is 4.43. The number of rotatable bonds is 0. The summed E-state index contributed by atoms with van der Waals surface area (Å²) in [7, 11) is 0. The molecule has 0 spiro atoms. The summed E-state index contributed by atoms with van der Waals surface area (Å²) in [6.07, 6.45) is 2.44. The summed E-state index contributed by atoms with van der Waals surface area (Å²) in [5, 5.41) is 3.31. The highest BCUT2D eigenvalue weighted by Gasteiger charge is 2.05. The van der Waals surface area contributed by atoms with E-state index in [4.69, 9.17) is 0 Å². The third-order valence-electron chi connectivity index (χ3n) is 1.69. The van der Waals surface area contributed by atoms with Gasteiger partial charge in [0.05, 0.1) is 0 Å². The van der Waals surface area contributed by atoms with E-state index in [0.717, 1.165) is 13.1 Å². The molecule has 2 heteroatoms. The Morgan fingerprint density at radius 3 is 2.33 bits per heavy atom. The monoisotopic (exact) mass is 189 g/mol. The van der Waals surface area contributed by atoms with Gasteiger partial charge in [-0.2, -0.15) is 0 Å². The molecule has 0 aliphatic carbocycles. The fraction of sp³-hybridized carbons (Fsp3) is 0.714. The lowest BCUT2D eigenvalue weighted by Crippen LogP contribution is -2.23. The molecule has 52 valence electrons. The van der Waals surface area contributed by atoms with Gasteiger partial charge in [0.15, 0.2) is 0 Å². The topological polar surface area (TPSA) is 12.0 Å². The molecule has 0 aromatic rings. The van der Waals surface area contributed by atoms with Crippen molar-refractivity contribution in [3.63, 3.8) is 0 Å². The van der Waals surface area contributed by atoms with Crippen molar-refractivity contribution in [2.75, 3.05) is 13.1 Å². The number of halogens is 1. The highest BCUT2D eigenvalue weighted by Crippen LogP contribution is 2.18. The number of nitrogens with one attached hydrogen (secondary N) is 1. The van der Waals surface area contributed by atoms with Gasteiger partial charge in [-0.15, -0.1) is 0 Å². The zero-order valence-electron chi connectivity index (χ0n) is 5.71. The van der Waals surface area contributed by atoms with Gasteiger partial charge in [0.25, 0.3) is 0 Å². The van der Waals surface area contributed by atoms with Gasteiger partial charge in [-0.3, -0.25) is 0 Å². The molecule has 1 saturated heterocycles. The summed E-state index contributed by atoms with van der Waals surface area (Å²) in [5.74, 6) is 0. The number of hydrogen-bond acceptors (Lipinski definition) is 1. The van der Waals surface area contributed by atoms with Crippen LogP contribution in [-0.4, -0.2) is 13.1 Å². The first kappa shape index (κ1) is 7.29. The zero-order valence-corrected chi connectivity index (χ0v) is 7.29. The maximum absolute atomic E-state index is 3.49. The van der Waals surface area contributed by atoms with Gasteiger partial charge < -0.3 is 5.32 Å². The standard InChI is InChI=1S/C7H12BrN/c1-6(8)7-2-4-9-5-3-7/h9H,2-5H2,1H3. The summed E-state index contributed by atoms with van der Waals surface area (Å²) in [4.78, 5) is 0. The lowest BCUT2D eigenvalue weighted by molar-refractivity contribution is 0.608. The Hall–Kier alpha value is 0.180. The van der Waals surface area contributed by atoms with Crippen LogP contribution in [0.1, 0.15) is 19.8 Å². The molecule has 1 rings (SSSR count). The Labute approximate surface area is 64.7 Å². The number of piperidine rings is 1. The summed E-state index contributed by atoms with van der Waals surface area (Å²) in [5.41, 5.74) is 1.58. The molecule has 0 aromatic carbocycles. The largest absolute Gasteiger partial charge is 0.316 e. The zero-order chi connectivity index (χ0) is 6.69. The fourth-order valence-corrected chi connectivity index (χ4v) is 1.47. The molecule has 1 N–H and O–H groups in total. The summed E-state index contributed by atoms with van der Waals surface area (Å²) >= 11 is 3.49. The quantitative estimate of drug-likeness (QED) is 0.616. The lowest BCUT2D eigenvalue weighted by atomic mass is 10.1. The van der Waals surface area contributed by atoms with Crippen LogP contribution in [0.3, 0.4) is 0 Å². The molecule has 9 heavy (non-hydrogen) atoms. The SMILES string of the molecule is CC(Br)=C1CCNCC1. The Morgan fingerprint density at radius 1 is 1.44 bits per heavy atom. The normalized spacial score (nSPS) is 20.0. The molecule has 0 atom stereocenters. The van der Waals surface area contributed by atoms with E-state index in [9.17, 15) is 0 Å². The first-order valence-electron chi connectivity index (χ1n) is 3.35. The van der Waals surface area contributed by atoms with Gasteiger partial charge >= 0.3 is 0 Å². The highest BCUT2D eigenvalue weighted by molar-refractivity contribution is 9.11. The molecular weight excluding hydrogens is 178 g/mol. The highest BCUT2D eigenvalue weighted by atomic mass is 79.9. The van der Waals surface area contributed by atoms with Crippen molar-refractivity contribution < 1.29 is 0 Å². The first-order chi connectivity index (χ1) is 4.30. The minimum absolute atomic E-state index is 1.15. The van der Waals surface area contributed by atoms with Crippen molar-refractivity contribution >= 4 is 15.9 Å². The van der Waals surface area contributed by atoms with Crippen LogP contribution >= 0.6 is 15.9 Å². The van der Waals surface area contributed by atoms with E-state index in [1.54, 1.807) is 5.57 Å². The second-order valence-electron chi connectivity index (χ2n) is 2.39. The molecule has 1 heterocycles. The van der Waals surface area contributed by atoms with Crippen LogP contribution in [0.5, 0.6) is 0 Å². The molecule has 0 aromatic heterocycles. The summed E-state index contributed by atoms with van der Waals surface area (Å²) in [6, 6.07) is 0. The minimum atomic E-state index is 1.15. The van der Waals surface area contributed by atoms with Crippen molar-refractivity contribution in [3.05, 3.63) is 10.1 Å². The lowest BCUT2D eigenvalue weighted by Gasteiger charge is -2.15. The maximum atomic E-state index is 3.49. The van der Waals surface area contributed by atoms with Gasteiger partial charge in [-0.1, -0.05) is 21.5 Å². The van der Waals surface area contributed by atoms with Gasteiger partial charge in [0.1, 0.15) is 0 Å². The van der Waals surface area contributed by atoms with Crippen LogP contribution < -0.4 is 5.32 Å². The van der Waals surface area contributed by atoms with Gasteiger partial charge in [-0.05, 0) is 37.3 Å².